The highest BCUT2D eigenvalue weighted by Gasteiger charge is 2.22. The van der Waals surface area contributed by atoms with Gasteiger partial charge in [0.2, 0.25) is 0 Å². The fourth-order valence-electron chi connectivity index (χ4n) is 8.99. The summed E-state index contributed by atoms with van der Waals surface area (Å²) in [5.74, 6) is -2.29. The van der Waals surface area contributed by atoms with Crippen LogP contribution in [0.4, 0.5) is 0 Å². The lowest BCUT2D eigenvalue weighted by molar-refractivity contribution is -0.870. The summed E-state index contributed by atoms with van der Waals surface area (Å²) in [6, 6.07) is 0. The highest BCUT2D eigenvalue weighted by molar-refractivity contribution is 5.70. The number of carboxylic acid groups (broad SMARTS) is 1. The van der Waals surface area contributed by atoms with Crippen LogP contribution in [0.2, 0.25) is 0 Å². The second kappa shape index (κ2) is 54.0. The molecule has 0 bridgehead atoms. The lowest BCUT2D eigenvalue weighted by atomic mass is 10.0. The van der Waals surface area contributed by atoms with Crippen LogP contribution in [0, 0.1) is 0 Å². The third-order valence-corrected chi connectivity index (χ3v) is 13.7. The molecule has 0 radical (unpaired) electrons. The predicted octanol–water partition coefficient (Wildman–Crippen LogP) is 16.6. The molecule has 2 atom stereocenters. The van der Waals surface area contributed by atoms with Gasteiger partial charge in [0.25, 0.3) is 0 Å². The molecule has 0 spiro atoms. The molecule has 0 N–H and O–H groups in total. The fraction of sp³-hybridized carbons (Fsp3) is 0.887. The van der Waals surface area contributed by atoms with Gasteiger partial charge < -0.3 is 33.3 Å². The van der Waals surface area contributed by atoms with Gasteiger partial charge in [-0.1, -0.05) is 269 Å². The first kappa shape index (κ1) is 68.8. The number of aliphatic carboxylic acids is 1. The van der Waals surface area contributed by atoms with Crippen LogP contribution in [0.15, 0.2) is 24.3 Å². The van der Waals surface area contributed by atoms with Crippen LogP contribution in [-0.4, -0.2) is 82.3 Å². The second-order valence-electron chi connectivity index (χ2n) is 22.0. The van der Waals surface area contributed by atoms with Gasteiger partial charge in [-0.3, -0.25) is 9.59 Å². The molecule has 0 saturated heterocycles. The van der Waals surface area contributed by atoms with E-state index in [4.69, 9.17) is 18.9 Å². The summed E-state index contributed by atoms with van der Waals surface area (Å²) in [7, 11) is 5.92. The van der Waals surface area contributed by atoms with Crippen molar-refractivity contribution in [3.8, 4) is 0 Å². The molecule has 418 valence electrons. The van der Waals surface area contributed by atoms with E-state index in [0.717, 1.165) is 64.2 Å². The van der Waals surface area contributed by atoms with Gasteiger partial charge in [-0.05, 0) is 38.5 Å². The van der Waals surface area contributed by atoms with Gasteiger partial charge in [-0.25, -0.2) is 0 Å². The summed E-state index contributed by atoms with van der Waals surface area (Å²) >= 11 is 0. The largest absolute Gasteiger partial charge is 0.545 e. The molecule has 0 aromatic rings. The van der Waals surface area contributed by atoms with Crippen molar-refractivity contribution in [2.75, 3.05) is 47.5 Å². The van der Waals surface area contributed by atoms with Crippen molar-refractivity contribution in [3.05, 3.63) is 24.3 Å². The molecule has 0 amide bonds. The summed E-state index contributed by atoms with van der Waals surface area (Å²) in [6.45, 7) is 4.70. The number of likely N-dealkylation sites (N-methyl/N-ethyl adjacent to an activating group) is 1. The number of rotatable bonds is 57. The summed E-state index contributed by atoms with van der Waals surface area (Å²) < 4.78 is 22.7. The topological polar surface area (TPSA) is 111 Å². The van der Waals surface area contributed by atoms with E-state index in [2.05, 4.69) is 38.2 Å². The van der Waals surface area contributed by atoms with Crippen molar-refractivity contribution in [3.63, 3.8) is 0 Å². The van der Waals surface area contributed by atoms with E-state index in [0.29, 0.717) is 23.9 Å². The zero-order valence-corrected chi connectivity index (χ0v) is 47.6. The summed E-state index contributed by atoms with van der Waals surface area (Å²) in [5.41, 5.74) is 0. The minimum atomic E-state index is -1.62. The van der Waals surface area contributed by atoms with E-state index in [9.17, 15) is 19.5 Å². The number of ether oxygens (including phenoxy) is 4. The molecule has 0 rings (SSSR count). The van der Waals surface area contributed by atoms with Crippen molar-refractivity contribution in [1.29, 1.82) is 0 Å². The van der Waals surface area contributed by atoms with Crippen LogP contribution in [0.1, 0.15) is 296 Å². The van der Waals surface area contributed by atoms with Crippen LogP contribution in [0.5, 0.6) is 0 Å². The maximum atomic E-state index is 12.8. The molecule has 0 aliphatic rings. The molecule has 71 heavy (non-hydrogen) atoms. The molecular weight excluding hydrogens is 887 g/mol. The number of carbonyl (C=O) groups is 3. The van der Waals surface area contributed by atoms with Crippen LogP contribution < -0.4 is 5.11 Å². The molecule has 0 fully saturated rings. The quantitative estimate of drug-likeness (QED) is 0.0195. The summed E-state index contributed by atoms with van der Waals surface area (Å²) in [4.78, 5) is 37.2. The fourth-order valence-corrected chi connectivity index (χ4v) is 8.99. The summed E-state index contributed by atoms with van der Waals surface area (Å²) in [5, 5.41) is 11.7. The van der Waals surface area contributed by atoms with Crippen molar-refractivity contribution in [1.82, 2.24) is 0 Å². The van der Waals surface area contributed by atoms with Gasteiger partial charge in [0.15, 0.2) is 12.4 Å². The van der Waals surface area contributed by atoms with Gasteiger partial charge in [-0.15, -0.1) is 0 Å². The third-order valence-electron chi connectivity index (χ3n) is 13.7. The Hall–Kier alpha value is -2.23. The number of esters is 2. The Morgan fingerprint density at radius 3 is 1.17 bits per heavy atom. The SMILES string of the molecule is CCC/C=C\C/C=C\CCCCCCCC(=O)OC(COC(=O)CCCCCCCCCCCCCCCCCCCCCCCCCCCCCCCCCCC)COC(OCC[N+](C)(C)C)C(=O)[O-]. The lowest BCUT2D eigenvalue weighted by Gasteiger charge is -2.26. The first-order valence-corrected chi connectivity index (χ1v) is 30.5. The molecule has 9 nitrogen and oxygen atoms in total. The van der Waals surface area contributed by atoms with Gasteiger partial charge in [0.05, 0.1) is 40.3 Å². The van der Waals surface area contributed by atoms with Crippen molar-refractivity contribution in [2.24, 2.45) is 0 Å². The Labute approximate surface area is 439 Å². The number of quaternary nitrogens is 1. The van der Waals surface area contributed by atoms with Crippen molar-refractivity contribution in [2.45, 2.75) is 309 Å². The van der Waals surface area contributed by atoms with Gasteiger partial charge in [-0.2, -0.15) is 0 Å². The number of nitrogens with zero attached hydrogens (tertiary/aromatic N) is 1. The molecule has 0 aliphatic heterocycles. The Balaban J connectivity index is 3.98. The number of carbonyl (C=O) groups excluding carboxylic acids is 3. The first-order chi connectivity index (χ1) is 34.6. The van der Waals surface area contributed by atoms with E-state index in [1.165, 1.54) is 199 Å². The number of hydrogen-bond acceptors (Lipinski definition) is 8. The lowest BCUT2D eigenvalue weighted by Crippen LogP contribution is -2.44. The normalized spacial score (nSPS) is 12.9. The van der Waals surface area contributed by atoms with E-state index in [1.807, 2.05) is 21.1 Å². The van der Waals surface area contributed by atoms with Crippen molar-refractivity contribution >= 4 is 17.9 Å². The average Bonchev–Trinajstić information content (AvgIpc) is 3.34. The Kier molecular flexibility index (Phi) is 52.3. The smallest absolute Gasteiger partial charge is 0.306 e. The Morgan fingerprint density at radius 2 is 0.789 bits per heavy atom. The highest BCUT2D eigenvalue weighted by atomic mass is 16.7. The maximum Gasteiger partial charge on any atom is 0.306 e. The molecular formula is C62H117NO8. The molecule has 0 aliphatic carbocycles. The first-order valence-electron chi connectivity index (χ1n) is 30.5. The zero-order chi connectivity index (χ0) is 52.0. The highest BCUT2D eigenvalue weighted by Crippen LogP contribution is 2.18. The number of carboxylic acids is 1. The Bertz CT molecular complexity index is 1210. The molecule has 0 aromatic carbocycles. The van der Waals surface area contributed by atoms with E-state index in [1.54, 1.807) is 0 Å². The standard InChI is InChI=1S/C62H117NO8/c1-6-8-10-12-14-16-18-20-21-22-23-24-25-26-27-28-29-30-31-32-33-34-35-36-37-38-39-41-42-44-46-48-50-52-59(64)69-56-58(57-70-62(61(66)67)68-55-54-63(3,4)5)71-60(65)53-51-49-47-45-43-40-19-17-15-13-11-9-7-2/h11,13,17,19,58,62H,6-10,12,14-16,18,20-57H2,1-5H3/b13-11-,19-17-. The van der Waals surface area contributed by atoms with Crippen molar-refractivity contribution < 1.29 is 42.9 Å². The second-order valence-corrected chi connectivity index (χ2v) is 22.0. The molecule has 0 aromatic heterocycles. The number of allylic oxidation sites excluding steroid dienone is 4. The minimum Gasteiger partial charge on any atom is -0.545 e. The van der Waals surface area contributed by atoms with Crippen LogP contribution in [0.3, 0.4) is 0 Å². The predicted molar refractivity (Wildman–Crippen MR) is 297 cm³/mol. The van der Waals surface area contributed by atoms with E-state index in [-0.39, 0.29) is 32.2 Å². The molecule has 0 saturated carbocycles. The van der Waals surface area contributed by atoms with Crippen LogP contribution in [0.25, 0.3) is 0 Å². The molecule has 2 unspecified atom stereocenters. The van der Waals surface area contributed by atoms with E-state index < -0.39 is 24.3 Å². The number of unbranched alkanes of at least 4 members (excludes halogenated alkanes) is 38. The van der Waals surface area contributed by atoms with Gasteiger partial charge in [0.1, 0.15) is 13.2 Å². The Morgan fingerprint density at radius 1 is 0.423 bits per heavy atom. The van der Waals surface area contributed by atoms with Crippen LogP contribution in [-0.2, 0) is 33.3 Å². The molecule has 9 heteroatoms. The van der Waals surface area contributed by atoms with E-state index >= 15 is 0 Å². The summed E-state index contributed by atoms with van der Waals surface area (Å²) in [6.07, 6.45) is 61.2. The van der Waals surface area contributed by atoms with Gasteiger partial charge >= 0.3 is 11.9 Å². The average molecular weight is 1000 g/mol. The van der Waals surface area contributed by atoms with Crippen LogP contribution >= 0.6 is 0 Å². The minimum absolute atomic E-state index is 0.147. The zero-order valence-electron chi connectivity index (χ0n) is 47.6. The number of hydrogen-bond donors (Lipinski definition) is 0. The van der Waals surface area contributed by atoms with Gasteiger partial charge in [0, 0.05) is 12.8 Å². The molecule has 0 heterocycles. The monoisotopic (exact) mass is 1000 g/mol. The maximum absolute atomic E-state index is 12.8. The third kappa shape index (κ3) is 55.4.